The van der Waals surface area contributed by atoms with E-state index >= 15 is 0 Å². The maximum absolute atomic E-state index is 13.1. The zero-order valence-corrected chi connectivity index (χ0v) is 64.4. The summed E-state index contributed by atoms with van der Waals surface area (Å²) in [7, 11) is -9.97. The van der Waals surface area contributed by atoms with Crippen molar-refractivity contribution >= 4 is 39.5 Å². The van der Waals surface area contributed by atoms with Gasteiger partial charge in [-0.15, -0.1) is 0 Å². The molecule has 0 saturated carbocycles. The first-order chi connectivity index (χ1) is 48.7. The van der Waals surface area contributed by atoms with Gasteiger partial charge < -0.3 is 33.8 Å². The second-order valence-electron chi connectivity index (χ2n) is 25.5. The predicted octanol–water partition coefficient (Wildman–Crippen LogP) is 22.3. The molecule has 3 N–H and O–H groups in total. The maximum atomic E-state index is 13.1. The van der Waals surface area contributed by atoms with Crippen LogP contribution in [0, 0.1) is 0 Å². The number of carbonyl (C=O) groups excluding carboxylic acids is 4. The molecule has 0 aromatic heterocycles. The number of hydrogen-bond donors (Lipinski definition) is 3. The van der Waals surface area contributed by atoms with Crippen molar-refractivity contribution in [1.29, 1.82) is 0 Å². The highest BCUT2D eigenvalue weighted by Gasteiger charge is 2.30. The summed E-state index contributed by atoms with van der Waals surface area (Å²) in [6, 6.07) is 0. The SMILES string of the molecule is CC/C=C\C/C=C\C/C=C\C/C=C\CCCCCCC(=O)OCC(COP(=O)(O)OCC(O)COP(=O)(O)OCC(COC(=O)CCCCCCC/C=C\C/C=C\CCC)OC(=O)CCCCCCCCCCCCCCC)OC(=O)CCCCCC/C=C\C/C=C\C/C=C\C/C=C\CC. The van der Waals surface area contributed by atoms with Crippen molar-refractivity contribution in [3.8, 4) is 0 Å². The van der Waals surface area contributed by atoms with Crippen molar-refractivity contribution < 1.29 is 80.2 Å². The Bertz CT molecular complexity index is 2370. The van der Waals surface area contributed by atoms with E-state index in [4.69, 9.17) is 37.0 Å². The van der Waals surface area contributed by atoms with Crippen molar-refractivity contribution in [2.24, 2.45) is 0 Å². The Kier molecular flexibility index (Phi) is 69.5. The van der Waals surface area contributed by atoms with Gasteiger partial charge in [0, 0.05) is 25.7 Å². The van der Waals surface area contributed by atoms with Gasteiger partial charge in [-0.05, 0) is 128 Å². The highest BCUT2D eigenvalue weighted by atomic mass is 31.2. The highest BCUT2D eigenvalue weighted by Crippen LogP contribution is 2.45. The van der Waals surface area contributed by atoms with Crippen LogP contribution in [0.3, 0.4) is 0 Å². The third kappa shape index (κ3) is 71.8. The number of esters is 4. The predicted molar refractivity (Wildman–Crippen MR) is 408 cm³/mol. The quantitative estimate of drug-likeness (QED) is 0.0169. The zero-order valence-electron chi connectivity index (χ0n) is 62.6. The van der Waals surface area contributed by atoms with Crippen LogP contribution in [0.5, 0.6) is 0 Å². The number of aliphatic hydroxyl groups is 1. The summed E-state index contributed by atoms with van der Waals surface area (Å²) in [6.07, 6.45) is 78.9. The zero-order chi connectivity index (χ0) is 73.2. The molecule has 0 aromatic rings. The summed E-state index contributed by atoms with van der Waals surface area (Å²) in [4.78, 5) is 72.9. The van der Waals surface area contributed by atoms with Crippen molar-refractivity contribution in [2.75, 3.05) is 39.6 Å². The van der Waals surface area contributed by atoms with Gasteiger partial charge in [-0.2, -0.15) is 0 Å². The summed E-state index contributed by atoms with van der Waals surface area (Å²) in [5.41, 5.74) is 0. The lowest BCUT2D eigenvalue weighted by Crippen LogP contribution is -2.30. The lowest BCUT2D eigenvalue weighted by molar-refractivity contribution is -0.161. The Hall–Kier alpha value is -4.54. The minimum absolute atomic E-state index is 0.0587. The van der Waals surface area contributed by atoms with Gasteiger partial charge in [-0.1, -0.05) is 278 Å². The van der Waals surface area contributed by atoms with Crippen LogP contribution < -0.4 is 0 Å². The monoisotopic (exact) mass is 1440 g/mol. The average molecular weight is 1450 g/mol. The number of rotatable bonds is 72. The molecular formula is C81H138O17P2. The number of phosphoric ester groups is 2. The van der Waals surface area contributed by atoms with Gasteiger partial charge in [0.1, 0.15) is 19.3 Å². The van der Waals surface area contributed by atoms with Crippen LogP contribution in [0.1, 0.15) is 310 Å². The Morgan fingerprint density at radius 2 is 0.540 bits per heavy atom. The Labute approximate surface area is 606 Å². The number of hydrogen-bond acceptors (Lipinski definition) is 15. The molecular weight excluding hydrogens is 1310 g/mol. The molecule has 17 nitrogen and oxygen atoms in total. The fraction of sp³-hybridized carbons (Fsp3) is 0.704. The van der Waals surface area contributed by atoms with Gasteiger partial charge >= 0.3 is 39.5 Å². The lowest BCUT2D eigenvalue weighted by Gasteiger charge is -2.21. The first-order valence-electron chi connectivity index (χ1n) is 38.8. The topological polar surface area (TPSA) is 237 Å². The summed E-state index contributed by atoms with van der Waals surface area (Å²) in [6.45, 7) is 4.52. The van der Waals surface area contributed by atoms with Gasteiger partial charge in [0.25, 0.3) is 0 Å². The molecule has 0 amide bonds. The molecule has 0 spiro atoms. The maximum Gasteiger partial charge on any atom is 0.472 e. The van der Waals surface area contributed by atoms with E-state index in [1.54, 1.807) is 0 Å². The van der Waals surface area contributed by atoms with Gasteiger partial charge in [-0.3, -0.25) is 37.3 Å². The van der Waals surface area contributed by atoms with Gasteiger partial charge in [0.2, 0.25) is 0 Å². The summed E-state index contributed by atoms with van der Waals surface area (Å²) >= 11 is 0. The summed E-state index contributed by atoms with van der Waals surface area (Å²) in [5.74, 6) is -2.24. The second kappa shape index (κ2) is 72.8. The molecule has 0 aromatic carbocycles. The molecule has 5 atom stereocenters. The van der Waals surface area contributed by atoms with Gasteiger partial charge in [-0.25, -0.2) is 9.13 Å². The second-order valence-corrected chi connectivity index (χ2v) is 28.4. The van der Waals surface area contributed by atoms with E-state index in [-0.39, 0.29) is 25.7 Å². The Morgan fingerprint density at radius 3 is 0.840 bits per heavy atom. The van der Waals surface area contributed by atoms with Crippen LogP contribution in [0.25, 0.3) is 0 Å². The minimum atomic E-state index is -4.99. The summed E-state index contributed by atoms with van der Waals surface area (Å²) in [5, 5.41) is 10.6. The molecule has 0 heterocycles. The van der Waals surface area contributed by atoms with Crippen LogP contribution in [0.2, 0.25) is 0 Å². The number of allylic oxidation sites excluding steroid dienone is 20. The number of ether oxygens (including phenoxy) is 4. The standard InChI is InChI=1S/C81H138O17P2/c1-5-9-13-17-21-25-29-33-35-37-39-43-46-50-54-58-62-66-79(84)92-72-77(98-81(86)68-64-60-56-52-48-44-40-38-36-34-30-26-22-18-14-10-6-2)74-96-100(89,90)94-70-75(82)69-93-99(87,88)95-73-76(97-80(85)67-63-59-55-51-47-42-32-28-24-20-16-12-8-4)71-91-78(83)65-61-57-53-49-45-41-31-27-23-19-15-11-7-3/h9-10,13-15,19,21-22,25-27,31,33-36,39-40,43-44,75-77,82H,5-8,11-12,16-18,20,23-24,28-30,32,37-38,41-42,45-74H2,1-4H3,(H,87,88)(H,89,90)/b13-9-,14-10-,19-15-,25-21-,26-22-,31-27-,35-33-,36-34-,43-39-,44-40-. The Morgan fingerprint density at radius 1 is 0.290 bits per heavy atom. The average Bonchev–Trinajstić information content (AvgIpc) is 1.15. The molecule has 0 aliphatic rings. The number of carbonyl (C=O) groups is 4. The van der Waals surface area contributed by atoms with Crippen molar-refractivity contribution in [1.82, 2.24) is 0 Å². The summed E-state index contributed by atoms with van der Waals surface area (Å²) < 4.78 is 68.5. The molecule has 0 fully saturated rings. The normalized spacial score (nSPS) is 14.6. The van der Waals surface area contributed by atoms with E-state index in [0.29, 0.717) is 25.7 Å². The van der Waals surface area contributed by atoms with Crippen LogP contribution in [0.4, 0.5) is 0 Å². The fourth-order valence-corrected chi connectivity index (χ4v) is 11.6. The number of aliphatic hydroxyl groups excluding tert-OH is 1. The fourth-order valence-electron chi connectivity index (χ4n) is 10.1. The van der Waals surface area contributed by atoms with Crippen LogP contribution in [-0.2, 0) is 65.4 Å². The Balaban J connectivity index is 5.40. The molecule has 0 bridgehead atoms. The van der Waals surface area contributed by atoms with E-state index < -0.39 is 97.5 Å². The van der Waals surface area contributed by atoms with E-state index in [1.807, 2.05) is 0 Å². The van der Waals surface area contributed by atoms with Crippen molar-refractivity contribution in [2.45, 2.75) is 329 Å². The molecule has 0 rings (SSSR count). The first-order valence-corrected chi connectivity index (χ1v) is 41.8. The molecule has 0 radical (unpaired) electrons. The molecule has 19 heteroatoms. The third-order valence-corrected chi connectivity index (χ3v) is 17.8. The molecule has 0 aliphatic carbocycles. The first kappa shape index (κ1) is 95.5. The van der Waals surface area contributed by atoms with E-state index in [2.05, 4.69) is 149 Å². The number of unbranched alkanes of at least 4 members (excludes halogenated alkanes) is 26. The molecule has 100 heavy (non-hydrogen) atoms. The largest absolute Gasteiger partial charge is 0.472 e. The third-order valence-electron chi connectivity index (χ3n) is 15.9. The molecule has 574 valence electrons. The molecule has 0 saturated heterocycles. The number of phosphoric acid groups is 2. The van der Waals surface area contributed by atoms with E-state index in [1.165, 1.54) is 51.4 Å². The van der Waals surface area contributed by atoms with E-state index in [0.717, 1.165) is 180 Å². The van der Waals surface area contributed by atoms with Crippen LogP contribution in [-0.4, -0.2) is 96.7 Å². The minimum Gasteiger partial charge on any atom is -0.462 e. The lowest BCUT2D eigenvalue weighted by atomic mass is 10.0. The highest BCUT2D eigenvalue weighted by molar-refractivity contribution is 7.47. The van der Waals surface area contributed by atoms with E-state index in [9.17, 15) is 43.2 Å². The van der Waals surface area contributed by atoms with Gasteiger partial charge in [0.15, 0.2) is 12.2 Å². The van der Waals surface area contributed by atoms with Crippen LogP contribution in [0.15, 0.2) is 122 Å². The van der Waals surface area contributed by atoms with Gasteiger partial charge in [0.05, 0.1) is 26.4 Å². The molecule has 5 unspecified atom stereocenters. The van der Waals surface area contributed by atoms with Crippen molar-refractivity contribution in [3.05, 3.63) is 122 Å². The van der Waals surface area contributed by atoms with Crippen molar-refractivity contribution in [3.63, 3.8) is 0 Å². The smallest absolute Gasteiger partial charge is 0.462 e. The molecule has 0 aliphatic heterocycles. The van der Waals surface area contributed by atoms with Crippen LogP contribution >= 0.6 is 15.6 Å².